The maximum Gasteiger partial charge on any atom is 0.279 e. The zero-order chi connectivity index (χ0) is 18.7. The van der Waals surface area contributed by atoms with E-state index in [0.717, 1.165) is 4.90 Å². The molecule has 1 aromatic heterocycles. The average Bonchev–Trinajstić information content (AvgIpc) is 2.98. The molecule has 0 radical (unpaired) electrons. The van der Waals surface area contributed by atoms with Gasteiger partial charge in [0.1, 0.15) is 0 Å². The van der Waals surface area contributed by atoms with Crippen LogP contribution in [0.25, 0.3) is 10.2 Å². The molecular formula is C18H13N3O3S2. The number of nitrogens with zero attached hydrogens (tertiary/aromatic N) is 3. The van der Waals surface area contributed by atoms with Gasteiger partial charge in [0, 0.05) is 22.6 Å². The fourth-order valence-electron chi connectivity index (χ4n) is 2.39. The monoisotopic (exact) mass is 383 g/mol. The van der Waals surface area contributed by atoms with E-state index in [1.807, 2.05) is 18.4 Å². The highest BCUT2D eigenvalue weighted by molar-refractivity contribution is 7.98. The third kappa shape index (κ3) is 3.54. The predicted molar refractivity (Wildman–Crippen MR) is 103 cm³/mol. The molecule has 26 heavy (non-hydrogen) atoms. The molecule has 0 saturated heterocycles. The molecule has 0 bridgehead atoms. The van der Waals surface area contributed by atoms with E-state index in [2.05, 4.69) is 10.9 Å². The van der Waals surface area contributed by atoms with Crippen molar-refractivity contribution in [2.45, 2.75) is 11.4 Å². The van der Waals surface area contributed by atoms with Crippen LogP contribution in [0.1, 0.15) is 10.4 Å². The number of carbonyl (C=O) groups excluding carboxylic acids is 1. The number of hydrogen-bond acceptors (Lipinski definition) is 5. The van der Waals surface area contributed by atoms with Crippen molar-refractivity contribution in [2.24, 2.45) is 4.99 Å². The van der Waals surface area contributed by atoms with Crippen LogP contribution < -0.4 is 4.80 Å². The van der Waals surface area contributed by atoms with E-state index in [-0.39, 0.29) is 18.1 Å². The topological polar surface area (TPSA) is 77.5 Å². The maximum absolute atomic E-state index is 12.5. The van der Waals surface area contributed by atoms with E-state index in [4.69, 9.17) is 6.42 Å². The summed E-state index contributed by atoms with van der Waals surface area (Å²) in [4.78, 5) is 28.6. The number of benzene rings is 2. The van der Waals surface area contributed by atoms with Crippen molar-refractivity contribution in [1.29, 1.82) is 0 Å². The molecule has 0 saturated carbocycles. The van der Waals surface area contributed by atoms with Crippen molar-refractivity contribution in [2.75, 3.05) is 6.26 Å². The average molecular weight is 383 g/mol. The summed E-state index contributed by atoms with van der Waals surface area (Å²) in [6, 6.07) is 11.7. The van der Waals surface area contributed by atoms with Gasteiger partial charge in [-0.15, -0.1) is 18.2 Å². The van der Waals surface area contributed by atoms with Crippen LogP contribution in [0.4, 0.5) is 5.69 Å². The van der Waals surface area contributed by atoms with Gasteiger partial charge in [-0.3, -0.25) is 14.9 Å². The zero-order valence-electron chi connectivity index (χ0n) is 13.7. The number of non-ortho nitro benzene ring substituents is 1. The molecule has 0 aliphatic rings. The molecule has 0 aliphatic heterocycles. The normalized spacial score (nSPS) is 11.5. The van der Waals surface area contributed by atoms with E-state index in [9.17, 15) is 14.9 Å². The van der Waals surface area contributed by atoms with Gasteiger partial charge < -0.3 is 4.57 Å². The number of carbonyl (C=O) groups is 1. The number of aromatic nitrogens is 1. The van der Waals surface area contributed by atoms with E-state index in [1.165, 1.54) is 23.5 Å². The molecule has 8 heteroatoms. The Morgan fingerprint density at radius 3 is 2.69 bits per heavy atom. The van der Waals surface area contributed by atoms with Gasteiger partial charge in [0.05, 0.1) is 21.7 Å². The number of fused-ring (bicyclic) bond motifs is 1. The summed E-state index contributed by atoms with van der Waals surface area (Å²) >= 11 is 2.79. The van der Waals surface area contributed by atoms with Gasteiger partial charge in [-0.25, -0.2) is 0 Å². The van der Waals surface area contributed by atoms with Crippen LogP contribution in [-0.4, -0.2) is 21.7 Å². The second-order valence-electron chi connectivity index (χ2n) is 5.23. The van der Waals surface area contributed by atoms with Crippen molar-refractivity contribution >= 4 is 44.9 Å². The van der Waals surface area contributed by atoms with Crippen molar-refractivity contribution in [3.63, 3.8) is 0 Å². The highest BCUT2D eigenvalue weighted by Crippen LogP contribution is 2.23. The second kappa shape index (κ2) is 7.56. The molecule has 0 N–H and O–H groups in total. The van der Waals surface area contributed by atoms with Gasteiger partial charge in [0.25, 0.3) is 11.6 Å². The van der Waals surface area contributed by atoms with E-state index < -0.39 is 4.92 Å². The lowest BCUT2D eigenvalue weighted by molar-refractivity contribution is -0.384. The molecule has 1 heterocycles. The molecule has 0 aliphatic carbocycles. The summed E-state index contributed by atoms with van der Waals surface area (Å²) in [5.41, 5.74) is 1.17. The van der Waals surface area contributed by atoms with Gasteiger partial charge in [0.2, 0.25) is 0 Å². The van der Waals surface area contributed by atoms with Crippen LogP contribution in [0, 0.1) is 22.5 Å². The molecule has 0 fully saturated rings. The minimum absolute atomic E-state index is 0.0165. The Morgan fingerprint density at radius 1 is 1.35 bits per heavy atom. The zero-order valence-corrected chi connectivity index (χ0v) is 15.3. The van der Waals surface area contributed by atoms with Gasteiger partial charge in [-0.05, 0) is 36.6 Å². The molecule has 130 valence electrons. The first-order valence-electron chi connectivity index (χ1n) is 7.48. The fourth-order valence-corrected chi connectivity index (χ4v) is 3.86. The van der Waals surface area contributed by atoms with E-state index >= 15 is 0 Å². The fraction of sp³-hybridized carbons (Fsp3) is 0.111. The lowest BCUT2D eigenvalue weighted by atomic mass is 10.2. The number of nitro groups is 1. The first kappa shape index (κ1) is 17.9. The highest BCUT2D eigenvalue weighted by atomic mass is 32.2. The molecule has 2 aromatic carbocycles. The Kier molecular flexibility index (Phi) is 5.21. The van der Waals surface area contributed by atoms with Crippen molar-refractivity contribution in [3.8, 4) is 12.3 Å². The quantitative estimate of drug-likeness (QED) is 0.298. The second-order valence-corrected chi connectivity index (χ2v) is 7.12. The summed E-state index contributed by atoms with van der Waals surface area (Å²) in [7, 11) is 0. The number of thiazole rings is 1. The number of thioether (sulfide) groups is 1. The van der Waals surface area contributed by atoms with Gasteiger partial charge in [-0.2, -0.15) is 4.99 Å². The molecule has 3 aromatic rings. The predicted octanol–water partition coefficient (Wildman–Crippen LogP) is 3.71. The standard InChI is InChI=1S/C18H13N3O3S2/c1-3-10-20-15-9-6-13(21(23)24)11-16(15)26-18(20)19-17(22)12-4-7-14(25-2)8-5-12/h1,4-9,11H,10H2,2H3. The molecule has 3 rings (SSSR count). The van der Waals surface area contributed by atoms with E-state index in [1.54, 1.807) is 34.5 Å². The molecule has 1 amide bonds. The smallest absolute Gasteiger partial charge is 0.279 e. The van der Waals surface area contributed by atoms with E-state index in [0.29, 0.717) is 20.6 Å². The molecule has 0 spiro atoms. The Balaban J connectivity index is 2.10. The summed E-state index contributed by atoms with van der Waals surface area (Å²) in [5, 5.41) is 11.0. The van der Waals surface area contributed by atoms with Crippen molar-refractivity contribution in [3.05, 3.63) is 62.9 Å². The number of terminal acetylenes is 1. The lowest BCUT2D eigenvalue weighted by Crippen LogP contribution is -2.16. The van der Waals surface area contributed by atoms with Crippen LogP contribution in [0.15, 0.2) is 52.4 Å². The minimum Gasteiger partial charge on any atom is -0.305 e. The highest BCUT2D eigenvalue weighted by Gasteiger charge is 2.13. The Bertz CT molecular complexity index is 1110. The maximum atomic E-state index is 12.5. The summed E-state index contributed by atoms with van der Waals surface area (Å²) < 4.78 is 2.36. The number of rotatable bonds is 4. The molecule has 0 unspecified atom stereocenters. The van der Waals surface area contributed by atoms with Gasteiger partial charge in [-0.1, -0.05) is 17.3 Å². The number of hydrogen-bond donors (Lipinski definition) is 0. The first-order valence-corrected chi connectivity index (χ1v) is 9.52. The van der Waals surface area contributed by atoms with Gasteiger partial charge in [0.15, 0.2) is 4.80 Å². The largest absolute Gasteiger partial charge is 0.305 e. The Hall–Kier alpha value is -2.89. The minimum atomic E-state index is -0.458. The molecule has 0 atom stereocenters. The summed E-state index contributed by atoms with van der Waals surface area (Å²) in [6.45, 7) is 0.218. The summed E-state index contributed by atoms with van der Waals surface area (Å²) in [6.07, 6.45) is 7.39. The summed E-state index contributed by atoms with van der Waals surface area (Å²) in [5.74, 6) is 2.15. The van der Waals surface area contributed by atoms with Crippen LogP contribution in [0.3, 0.4) is 0 Å². The van der Waals surface area contributed by atoms with Crippen molar-refractivity contribution < 1.29 is 9.72 Å². The van der Waals surface area contributed by atoms with Crippen LogP contribution in [-0.2, 0) is 6.54 Å². The van der Waals surface area contributed by atoms with Crippen LogP contribution in [0.5, 0.6) is 0 Å². The van der Waals surface area contributed by atoms with Crippen molar-refractivity contribution in [1.82, 2.24) is 4.57 Å². The lowest BCUT2D eigenvalue weighted by Gasteiger charge is -2.00. The SMILES string of the molecule is C#CCn1c(=NC(=O)c2ccc(SC)cc2)sc2cc([N+](=O)[O-])ccc21. The Morgan fingerprint density at radius 2 is 2.08 bits per heavy atom. The molecular weight excluding hydrogens is 370 g/mol. The van der Waals surface area contributed by atoms with Crippen LogP contribution in [0.2, 0.25) is 0 Å². The third-order valence-corrected chi connectivity index (χ3v) is 5.45. The Labute approximate surface area is 157 Å². The number of nitro benzene ring substituents is 1. The first-order chi connectivity index (χ1) is 12.5. The third-order valence-electron chi connectivity index (χ3n) is 3.66. The van der Waals surface area contributed by atoms with Crippen LogP contribution >= 0.6 is 23.1 Å². The number of amides is 1. The van der Waals surface area contributed by atoms with Gasteiger partial charge >= 0.3 is 0 Å². The molecule has 6 nitrogen and oxygen atoms in total.